The van der Waals surface area contributed by atoms with Gasteiger partial charge in [0.1, 0.15) is 5.60 Å². The second kappa shape index (κ2) is 9.71. The highest BCUT2D eigenvalue weighted by Crippen LogP contribution is 2.39. The molecule has 7 heteroatoms. The average molecular weight is 434 g/mol. The normalized spacial score (nSPS) is 17.1. The number of carbonyl (C=O) groups excluding carboxylic acids is 3. The summed E-state index contributed by atoms with van der Waals surface area (Å²) in [5, 5.41) is 0. The van der Waals surface area contributed by atoms with Crippen molar-refractivity contribution in [2.75, 3.05) is 13.2 Å². The molecule has 0 saturated heterocycles. The molecule has 0 spiro atoms. The SMILES string of the molecule is CCOC(=O)C(C(=O)OC(C)C)[C@@H]1c2cc(C)c(C)cc2CCN1C(=O)OC(C)(C)C. The number of carbonyl (C=O) groups is 3. The summed E-state index contributed by atoms with van der Waals surface area (Å²) in [5.41, 5.74) is 3.15. The fourth-order valence-corrected chi connectivity index (χ4v) is 3.71. The Morgan fingerprint density at radius 2 is 1.71 bits per heavy atom. The largest absolute Gasteiger partial charge is 0.465 e. The molecule has 0 aliphatic carbocycles. The van der Waals surface area contributed by atoms with Crippen molar-refractivity contribution in [3.05, 3.63) is 34.4 Å². The lowest BCUT2D eigenvalue weighted by molar-refractivity contribution is -0.167. The molecule has 2 rings (SSSR count). The van der Waals surface area contributed by atoms with E-state index >= 15 is 0 Å². The van der Waals surface area contributed by atoms with Crippen LogP contribution in [-0.2, 0) is 30.2 Å². The van der Waals surface area contributed by atoms with Gasteiger partial charge in [-0.1, -0.05) is 12.1 Å². The minimum absolute atomic E-state index is 0.114. The van der Waals surface area contributed by atoms with Gasteiger partial charge >= 0.3 is 18.0 Å². The van der Waals surface area contributed by atoms with E-state index in [0.717, 1.165) is 22.3 Å². The highest BCUT2D eigenvalue weighted by molar-refractivity contribution is 5.96. The molecule has 0 bridgehead atoms. The average Bonchev–Trinajstić information content (AvgIpc) is 2.61. The quantitative estimate of drug-likeness (QED) is 0.392. The van der Waals surface area contributed by atoms with Gasteiger partial charge in [0.15, 0.2) is 5.92 Å². The summed E-state index contributed by atoms with van der Waals surface area (Å²) in [4.78, 5) is 40.6. The van der Waals surface area contributed by atoms with Crippen LogP contribution in [0.4, 0.5) is 4.79 Å². The van der Waals surface area contributed by atoms with Gasteiger partial charge in [-0.25, -0.2) is 4.79 Å². The van der Waals surface area contributed by atoms with Crippen molar-refractivity contribution in [2.45, 2.75) is 79.6 Å². The van der Waals surface area contributed by atoms with Crippen molar-refractivity contribution in [2.24, 2.45) is 5.92 Å². The molecule has 2 atom stereocenters. The summed E-state index contributed by atoms with van der Waals surface area (Å²) < 4.78 is 16.3. The molecule has 31 heavy (non-hydrogen) atoms. The van der Waals surface area contributed by atoms with Gasteiger partial charge in [-0.2, -0.15) is 0 Å². The molecule has 7 nitrogen and oxygen atoms in total. The highest BCUT2D eigenvalue weighted by Gasteiger charge is 2.47. The smallest absolute Gasteiger partial charge is 0.410 e. The number of benzene rings is 1. The Morgan fingerprint density at radius 1 is 1.10 bits per heavy atom. The highest BCUT2D eigenvalue weighted by atomic mass is 16.6. The minimum atomic E-state index is -1.31. The van der Waals surface area contributed by atoms with Gasteiger partial charge in [-0.05, 0) is 84.1 Å². The summed E-state index contributed by atoms with van der Waals surface area (Å²) in [6.07, 6.45) is -0.392. The van der Waals surface area contributed by atoms with Crippen LogP contribution in [0.15, 0.2) is 12.1 Å². The Labute approximate surface area is 185 Å². The second-order valence-corrected chi connectivity index (χ2v) is 9.22. The van der Waals surface area contributed by atoms with Crippen LogP contribution in [0, 0.1) is 19.8 Å². The molecule has 172 valence electrons. The zero-order valence-corrected chi connectivity index (χ0v) is 19.9. The molecule has 0 saturated carbocycles. The summed E-state index contributed by atoms with van der Waals surface area (Å²) in [5.74, 6) is -2.73. The predicted molar refractivity (Wildman–Crippen MR) is 117 cm³/mol. The second-order valence-electron chi connectivity index (χ2n) is 9.22. The fraction of sp³-hybridized carbons (Fsp3) is 0.625. The molecule has 1 unspecified atom stereocenters. The first-order valence-corrected chi connectivity index (χ1v) is 10.8. The van der Waals surface area contributed by atoms with Crippen molar-refractivity contribution >= 4 is 18.0 Å². The number of rotatable bonds is 5. The molecule has 1 aromatic rings. The molecule has 0 radical (unpaired) electrons. The van der Waals surface area contributed by atoms with E-state index in [1.807, 2.05) is 19.9 Å². The van der Waals surface area contributed by atoms with Crippen LogP contribution in [0.2, 0.25) is 0 Å². The number of hydrogen-bond acceptors (Lipinski definition) is 6. The van der Waals surface area contributed by atoms with Crippen LogP contribution in [-0.4, -0.2) is 47.8 Å². The molecular formula is C24H35NO6. The van der Waals surface area contributed by atoms with E-state index in [2.05, 4.69) is 6.07 Å². The topological polar surface area (TPSA) is 82.1 Å². The van der Waals surface area contributed by atoms with E-state index in [1.165, 1.54) is 4.90 Å². The number of nitrogens with zero attached hydrogens (tertiary/aromatic N) is 1. The first kappa shape index (κ1) is 24.7. The summed E-state index contributed by atoms with van der Waals surface area (Å²) >= 11 is 0. The molecule has 1 aliphatic heterocycles. The minimum Gasteiger partial charge on any atom is -0.465 e. The van der Waals surface area contributed by atoms with Gasteiger partial charge in [0.25, 0.3) is 0 Å². The maximum Gasteiger partial charge on any atom is 0.410 e. The van der Waals surface area contributed by atoms with E-state index in [0.29, 0.717) is 13.0 Å². The lowest BCUT2D eigenvalue weighted by atomic mass is 9.82. The van der Waals surface area contributed by atoms with Crippen LogP contribution < -0.4 is 0 Å². The van der Waals surface area contributed by atoms with Crippen molar-refractivity contribution in [3.8, 4) is 0 Å². The van der Waals surface area contributed by atoms with E-state index in [4.69, 9.17) is 14.2 Å². The van der Waals surface area contributed by atoms with Crippen molar-refractivity contribution in [1.82, 2.24) is 4.90 Å². The fourth-order valence-electron chi connectivity index (χ4n) is 3.71. The lowest BCUT2D eigenvalue weighted by Gasteiger charge is -2.40. The van der Waals surface area contributed by atoms with Gasteiger partial charge in [0.05, 0.1) is 18.8 Å². The number of hydrogen-bond donors (Lipinski definition) is 0. The zero-order chi connectivity index (χ0) is 23.5. The number of fused-ring (bicyclic) bond motifs is 1. The third-order valence-electron chi connectivity index (χ3n) is 5.12. The Morgan fingerprint density at radius 3 is 2.26 bits per heavy atom. The van der Waals surface area contributed by atoms with E-state index < -0.39 is 41.7 Å². The van der Waals surface area contributed by atoms with Gasteiger partial charge < -0.3 is 14.2 Å². The Kier molecular flexibility index (Phi) is 7.73. The van der Waals surface area contributed by atoms with Crippen LogP contribution in [0.1, 0.15) is 69.8 Å². The predicted octanol–water partition coefficient (Wildman–Crippen LogP) is 4.27. The zero-order valence-electron chi connectivity index (χ0n) is 19.9. The summed E-state index contributed by atoms with van der Waals surface area (Å²) in [7, 11) is 0. The number of aryl methyl sites for hydroxylation is 2. The van der Waals surface area contributed by atoms with Crippen molar-refractivity contribution in [1.29, 1.82) is 0 Å². The summed E-state index contributed by atoms with van der Waals surface area (Å²) in [6, 6.07) is 3.13. The molecule has 1 heterocycles. The number of esters is 2. The first-order valence-electron chi connectivity index (χ1n) is 10.8. The van der Waals surface area contributed by atoms with Crippen molar-refractivity contribution in [3.63, 3.8) is 0 Å². The number of amides is 1. The third kappa shape index (κ3) is 5.99. The molecule has 1 aromatic carbocycles. The number of ether oxygens (including phenoxy) is 3. The van der Waals surface area contributed by atoms with Gasteiger partial charge in [0, 0.05) is 6.54 Å². The van der Waals surface area contributed by atoms with Gasteiger partial charge in [-0.15, -0.1) is 0 Å². The van der Waals surface area contributed by atoms with E-state index in [9.17, 15) is 14.4 Å². The monoisotopic (exact) mass is 433 g/mol. The lowest BCUT2D eigenvalue weighted by Crippen LogP contribution is -2.49. The molecule has 1 amide bonds. The standard InChI is InChI=1S/C24H35NO6/c1-9-29-21(26)19(22(27)30-14(2)3)20-18-13-16(5)15(4)12-17(18)10-11-25(20)23(28)31-24(6,7)8/h12-14,19-20H,9-11H2,1-8H3/t19?,20-/m0/s1. The molecular weight excluding hydrogens is 398 g/mol. The molecule has 0 N–H and O–H groups in total. The maximum absolute atomic E-state index is 13.1. The first-order chi connectivity index (χ1) is 14.4. The van der Waals surface area contributed by atoms with Crippen LogP contribution >= 0.6 is 0 Å². The molecule has 1 aliphatic rings. The van der Waals surface area contributed by atoms with Gasteiger partial charge in [-0.3, -0.25) is 14.5 Å². The van der Waals surface area contributed by atoms with Crippen LogP contribution in [0.3, 0.4) is 0 Å². The maximum atomic E-state index is 13.1. The summed E-state index contributed by atoms with van der Waals surface area (Å²) in [6.45, 7) is 14.9. The van der Waals surface area contributed by atoms with E-state index in [-0.39, 0.29) is 6.61 Å². The van der Waals surface area contributed by atoms with Crippen LogP contribution in [0.5, 0.6) is 0 Å². The van der Waals surface area contributed by atoms with Crippen molar-refractivity contribution < 1.29 is 28.6 Å². The Bertz CT molecular complexity index is 839. The Balaban J connectivity index is 2.64. The molecule has 0 aromatic heterocycles. The molecule has 0 fully saturated rings. The van der Waals surface area contributed by atoms with Crippen LogP contribution in [0.25, 0.3) is 0 Å². The van der Waals surface area contributed by atoms with Gasteiger partial charge in [0.2, 0.25) is 0 Å². The Hall–Kier alpha value is -2.57. The van der Waals surface area contributed by atoms with E-state index in [1.54, 1.807) is 41.5 Å². The third-order valence-corrected chi connectivity index (χ3v) is 5.12.